The normalized spacial score (nSPS) is 11.4. The van der Waals surface area contributed by atoms with E-state index in [1.165, 1.54) is 4.68 Å². The summed E-state index contributed by atoms with van der Waals surface area (Å²) < 4.78 is 6.82. The molecule has 0 saturated carbocycles. The van der Waals surface area contributed by atoms with Crippen molar-refractivity contribution in [3.05, 3.63) is 83.8 Å². The van der Waals surface area contributed by atoms with Crippen LogP contribution >= 0.6 is 0 Å². The van der Waals surface area contributed by atoms with E-state index in [9.17, 15) is 4.79 Å². The molecule has 0 aliphatic carbocycles. The fraction of sp³-hybridized carbons (Fsp3) is 0.0909. The molecule has 0 fully saturated rings. The summed E-state index contributed by atoms with van der Waals surface area (Å²) in [6.45, 7) is 3.97. The lowest BCUT2D eigenvalue weighted by atomic mass is 10.1. The van der Waals surface area contributed by atoms with Gasteiger partial charge in [0.1, 0.15) is 11.5 Å². The molecule has 1 N–H and O–H groups in total. The summed E-state index contributed by atoms with van der Waals surface area (Å²) in [6, 6.07) is 18.8. The lowest BCUT2D eigenvalue weighted by Crippen LogP contribution is -2.19. The minimum Gasteiger partial charge on any atom is -0.465 e. The summed E-state index contributed by atoms with van der Waals surface area (Å²) >= 11 is 0. The van der Waals surface area contributed by atoms with Crippen molar-refractivity contribution in [2.75, 3.05) is 5.32 Å². The Labute approximate surface area is 167 Å². The number of carbonyl (C=O) groups excluding carboxylic acids is 1. The number of nitrogens with zero attached hydrogens (tertiary/aromatic N) is 4. The maximum atomic E-state index is 13.2. The Kier molecular flexibility index (Phi) is 5.03. The van der Waals surface area contributed by atoms with Gasteiger partial charge in [-0.25, -0.2) is 0 Å². The molecule has 0 radical (unpaired) electrons. The van der Waals surface area contributed by atoms with E-state index in [-0.39, 0.29) is 11.6 Å². The molecule has 0 atom stereocenters. The maximum Gasteiger partial charge on any atom is 0.274 e. The monoisotopic (exact) mass is 385 g/mol. The van der Waals surface area contributed by atoms with Crippen LogP contribution in [0.1, 0.15) is 16.9 Å². The van der Waals surface area contributed by atoms with Crippen molar-refractivity contribution in [3.8, 4) is 11.4 Å². The summed E-state index contributed by atoms with van der Waals surface area (Å²) in [4.78, 5) is 13.2. The van der Waals surface area contributed by atoms with Crippen LogP contribution in [0.2, 0.25) is 0 Å². The second-order valence-corrected chi connectivity index (χ2v) is 6.66. The van der Waals surface area contributed by atoms with Crippen molar-refractivity contribution in [2.45, 2.75) is 13.8 Å². The molecule has 0 bridgehead atoms. The standard InChI is InChI=1S/C22H19N5O2/c1-15-11-16(2)13-18(12-15)23-22(28)20(14-19-9-6-10-29-19)27-21(24-25-26-27)17-7-4-3-5-8-17/h3-14H,1-2H3,(H,23,28)/b20-14+. The number of aromatic nitrogens is 4. The van der Waals surface area contributed by atoms with Gasteiger partial charge in [-0.2, -0.15) is 4.68 Å². The first kappa shape index (κ1) is 18.4. The van der Waals surface area contributed by atoms with Crippen LogP contribution in [0, 0.1) is 13.8 Å². The van der Waals surface area contributed by atoms with Gasteiger partial charge in [-0.05, 0) is 59.7 Å². The van der Waals surface area contributed by atoms with Gasteiger partial charge in [-0.3, -0.25) is 4.79 Å². The fourth-order valence-corrected chi connectivity index (χ4v) is 3.09. The maximum absolute atomic E-state index is 13.2. The van der Waals surface area contributed by atoms with E-state index in [1.807, 2.05) is 62.4 Å². The summed E-state index contributed by atoms with van der Waals surface area (Å²) in [6.07, 6.45) is 3.16. The molecule has 144 valence electrons. The number of anilines is 1. The van der Waals surface area contributed by atoms with E-state index in [0.717, 1.165) is 16.7 Å². The third-order valence-electron chi connectivity index (χ3n) is 4.26. The van der Waals surface area contributed by atoms with Gasteiger partial charge < -0.3 is 9.73 Å². The van der Waals surface area contributed by atoms with Crippen LogP contribution < -0.4 is 5.32 Å². The third-order valence-corrected chi connectivity index (χ3v) is 4.26. The molecule has 2 aromatic heterocycles. The largest absolute Gasteiger partial charge is 0.465 e. The average Bonchev–Trinajstić information content (AvgIpc) is 3.38. The average molecular weight is 385 g/mol. The highest BCUT2D eigenvalue weighted by Crippen LogP contribution is 2.22. The SMILES string of the molecule is Cc1cc(C)cc(NC(=O)/C(=C\c2ccco2)n2nnnc2-c2ccccc2)c1. The highest BCUT2D eigenvalue weighted by atomic mass is 16.3. The molecular formula is C22H19N5O2. The summed E-state index contributed by atoms with van der Waals surface area (Å²) in [7, 11) is 0. The number of hydrogen-bond acceptors (Lipinski definition) is 5. The van der Waals surface area contributed by atoms with Gasteiger partial charge in [-0.1, -0.05) is 36.4 Å². The zero-order valence-electron chi connectivity index (χ0n) is 16.0. The summed E-state index contributed by atoms with van der Waals surface area (Å²) in [5.41, 5.74) is 3.85. The first-order valence-electron chi connectivity index (χ1n) is 9.09. The van der Waals surface area contributed by atoms with Crippen molar-refractivity contribution >= 4 is 23.4 Å². The molecule has 29 heavy (non-hydrogen) atoms. The molecular weight excluding hydrogens is 366 g/mol. The molecule has 4 aromatic rings. The summed E-state index contributed by atoms with van der Waals surface area (Å²) in [5, 5.41) is 14.9. The van der Waals surface area contributed by atoms with Crippen molar-refractivity contribution < 1.29 is 9.21 Å². The van der Waals surface area contributed by atoms with Crippen LogP contribution in [0.4, 0.5) is 5.69 Å². The van der Waals surface area contributed by atoms with Gasteiger partial charge in [-0.15, -0.1) is 5.10 Å². The number of rotatable bonds is 5. The van der Waals surface area contributed by atoms with Crippen LogP contribution in [-0.4, -0.2) is 26.1 Å². The Morgan fingerprint density at radius 2 is 1.79 bits per heavy atom. The number of amides is 1. The second kappa shape index (κ2) is 7.93. The van der Waals surface area contributed by atoms with E-state index in [4.69, 9.17) is 4.42 Å². The number of hydrogen-bond donors (Lipinski definition) is 1. The van der Waals surface area contributed by atoms with Crippen LogP contribution in [0.15, 0.2) is 71.3 Å². The molecule has 7 nitrogen and oxygen atoms in total. The lowest BCUT2D eigenvalue weighted by molar-refractivity contribution is -0.111. The topological polar surface area (TPSA) is 85.8 Å². The second-order valence-electron chi connectivity index (χ2n) is 6.66. The Morgan fingerprint density at radius 3 is 2.48 bits per heavy atom. The van der Waals surface area contributed by atoms with Gasteiger partial charge in [0.05, 0.1) is 6.26 Å². The number of aryl methyl sites for hydroxylation is 2. The number of nitrogens with one attached hydrogen (secondary N) is 1. The van der Waals surface area contributed by atoms with Crippen LogP contribution in [0.5, 0.6) is 0 Å². The highest BCUT2D eigenvalue weighted by Gasteiger charge is 2.20. The Bertz CT molecular complexity index is 1140. The molecule has 0 unspecified atom stereocenters. The van der Waals surface area contributed by atoms with Crippen LogP contribution in [0.3, 0.4) is 0 Å². The van der Waals surface area contributed by atoms with Crippen molar-refractivity contribution in [1.82, 2.24) is 20.2 Å². The predicted octanol–water partition coefficient (Wildman–Crippen LogP) is 4.19. The first-order chi connectivity index (χ1) is 14.1. The highest BCUT2D eigenvalue weighted by molar-refractivity contribution is 6.24. The fourth-order valence-electron chi connectivity index (χ4n) is 3.09. The molecule has 1 amide bonds. The van der Waals surface area contributed by atoms with Crippen molar-refractivity contribution in [2.24, 2.45) is 0 Å². The minimum atomic E-state index is -0.351. The predicted molar refractivity (Wildman–Crippen MR) is 111 cm³/mol. The molecule has 7 heteroatoms. The summed E-state index contributed by atoms with van der Waals surface area (Å²) in [5.74, 6) is 0.625. The molecule has 0 aliphatic rings. The van der Waals surface area contributed by atoms with Crippen molar-refractivity contribution in [1.29, 1.82) is 0 Å². The Hall–Kier alpha value is -4.00. The molecule has 2 heterocycles. The van der Waals surface area contributed by atoms with Gasteiger partial charge >= 0.3 is 0 Å². The van der Waals surface area contributed by atoms with E-state index < -0.39 is 0 Å². The molecule has 4 rings (SSSR count). The van der Waals surface area contributed by atoms with E-state index in [2.05, 4.69) is 20.8 Å². The first-order valence-corrected chi connectivity index (χ1v) is 9.09. The number of tetrazole rings is 1. The smallest absolute Gasteiger partial charge is 0.274 e. The minimum absolute atomic E-state index is 0.239. The van der Waals surface area contributed by atoms with Gasteiger partial charge in [0, 0.05) is 17.3 Å². The van der Waals surface area contributed by atoms with Gasteiger partial charge in [0.25, 0.3) is 5.91 Å². The van der Waals surface area contributed by atoms with Gasteiger partial charge in [0.15, 0.2) is 5.82 Å². The Morgan fingerprint density at radius 1 is 1.03 bits per heavy atom. The van der Waals surface area contributed by atoms with E-state index in [0.29, 0.717) is 17.3 Å². The quantitative estimate of drug-likeness (QED) is 0.521. The van der Waals surface area contributed by atoms with E-state index >= 15 is 0 Å². The van der Waals surface area contributed by atoms with Crippen LogP contribution in [0.25, 0.3) is 23.2 Å². The number of carbonyl (C=O) groups is 1. The Balaban J connectivity index is 1.76. The number of benzene rings is 2. The van der Waals surface area contributed by atoms with E-state index in [1.54, 1.807) is 24.5 Å². The zero-order chi connectivity index (χ0) is 20.2. The zero-order valence-corrected chi connectivity index (χ0v) is 16.0. The molecule has 2 aromatic carbocycles. The lowest BCUT2D eigenvalue weighted by Gasteiger charge is -2.11. The van der Waals surface area contributed by atoms with Crippen molar-refractivity contribution in [3.63, 3.8) is 0 Å². The molecule has 0 spiro atoms. The van der Waals surface area contributed by atoms with Crippen LogP contribution in [-0.2, 0) is 4.79 Å². The third kappa shape index (κ3) is 4.14. The van der Waals surface area contributed by atoms with Gasteiger partial charge in [0.2, 0.25) is 0 Å². The number of furan rings is 1. The molecule has 0 aliphatic heterocycles. The molecule has 0 saturated heterocycles.